The number of hydrogen-bond donors (Lipinski definition) is 0. The third-order valence-electron chi connectivity index (χ3n) is 4.01. The fraction of sp³-hybridized carbons (Fsp3) is 0.471. The maximum Gasteiger partial charge on any atom is 0.334 e. The van der Waals surface area contributed by atoms with E-state index in [9.17, 15) is 13.6 Å². The van der Waals surface area contributed by atoms with Crippen LogP contribution in [0, 0.1) is 5.41 Å². The molecule has 0 unspecified atom stereocenters. The lowest BCUT2D eigenvalue weighted by Crippen LogP contribution is -2.21. The van der Waals surface area contributed by atoms with E-state index in [4.69, 9.17) is 4.74 Å². The van der Waals surface area contributed by atoms with E-state index >= 15 is 0 Å². The molecular formula is C17H20F2O2. The fourth-order valence-electron chi connectivity index (χ4n) is 2.74. The molecule has 1 aromatic carbocycles. The number of alkyl halides is 2. The molecule has 0 fully saturated rings. The third-order valence-corrected chi connectivity index (χ3v) is 4.01. The topological polar surface area (TPSA) is 26.3 Å². The van der Waals surface area contributed by atoms with Crippen LogP contribution in [0.2, 0.25) is 0 Å². The second-order valence-corrected chi connectivity index (χ2v) is 6.21. The zero-order chi connectivity index (χ0) is 15.6. The van der Waals surface area contributed by atoms with Crippen molar-refractivity contribution in [2.45, 2.75) is 39.5 Å². The number of halogens is 2. The van der Waals surface area contributed by atoms with E-state index in [1.165, 1.54) is 19.2 Å². The Hall–Kier alpha value is -1.71. The van der Waals surface area contributed by atoms with Crippen LogP contribution in [0.5, 0.6) is 0 Å². The van der Waals surface area contributed by atoms with Crippen molar-refractivity contribution in [3.63, 3.8) is 0 Å². The first-order chi connectivity index (χ1) is 9.84. The van der Waals surface area contributed by atoms with Gasteiger partial charge in [0.25, 0.3) is 6.43 Å². The largest absolute Gasteiger partial charge is 0.466 e. The van der Waals surface area contributed by atoms with Crippen LogP contribution >= 0.6 is 0 Å². The first kappa shape index (κ1) is 15.7. The molecule has 0 bridgehead atoms. The van der Waals surface area contributed by atoms with Crippen LogP contribution in [-0.2, 0) is 9.53 Å². The molecule has 4 heteroatoms. The molecule has 0 N–H and O–H groups in total. The van der Waals surface area contributed by atoms with Gasteiger partial charge in [0.05, 0.1) is 7.11 Å². The monoisotopic (exact) mass is 294 g/mol. The van der Waals surface area contributed by atoms with Gasteiger partial charge >= 0.3 is 5.97 Å². The summed E-state index contributed by atoms with van der Waals surface area (Å²) in [6, 6.07) is 6.18. The average Bonchev–Trinajstić information content (AvgIpc) is 2.45. The first-order valence-electron chi connectivity index (χ1n) is 7.03. The number of methoxy groups -OCH3 is 1. The van der Waals surface area contributed by atoms with Gasteiger partial charge in [-0.05, 0) is 35.8 Å². The summed E-state index contributed by atoms with van der Waals surface area (Å²) >= 11 is 0. The Balaban J connectivity index is 2.43. The molecule has 0 spiro atoms. The van der Waals surface area contributed by atoms with Crippen LogP contribution in [-0.4, -0.2) is 13.1 Å². The fourth-order valence-corrected chi connectivity index (χ4v) is 2.74. The van der Waals surface area contributed by atoms with Gasteiger partial charge in [-0.3, -0.25) is 0 Å². The van der Waals surface area contributed by atoms with E-state index in [0.29, 0.717) is 12.0 Å². The van der Waals surface area contributed by atoms with Gasteiger partial charge in [-0.1, -0.05) is 38.1 Å². The van der Waals surface area contributed by atoms with Crippen molar-refractivity contribution >= 4 is 11.5 Å². The highest BCUT2D eigenvalue weighted by atomic mass is 19.3. The molecule has 21 heavy (non-hydrogen) atoms. The summed E-state index contributed by atoms with van der Waals surface area (Å²) in [7, 11) is 1.37. The minimum absolute atomic E-state index is 0.00552. The molecule has 0 aromatic heterocycles. The number of allylic oxidation sites excluding steroid dienone is 1. The molecule has 1 aliphatic carbocycles. The molecule has 0 saturated heterocycles. The Labute approximate surface area is 123 Å². The highest BCUT2D eigenvalue weighted by Gasteiger charge is 2.31. The second kappa shape index (κ2) is 5.96. The number of benzene rings is 1. The second-order valence-electron chi connectivity index (χ2n) is 6.21. The number of esters is 1. The van der Waals surface area contributed by atoms with Crippen molar-refractivity contribution < 1.29 is 18.3 Å². The van der Waals surface area contributed by atoms with Gasteiger partial charge < -0.3 is 4.74 Å². The van der Waals surface area contributed by atoms with Crippen LogP contribution in [0.1, 0.15) is 50.7 Å². The molecule has 0 aliphatic heterocycles. The van der Waals surface area contributed by atoms with Gasteiger partial charge in [-0.15, -0.1) is 0 Å². The highest BCUT2D eigenvalue weighted by molar-refractivity contribution is 5.98. The van der Waals surface area contributed by atoms with Crippen molar-refractivity contribution in [2.75, 3.05) is 7.11 Å². The number of hydrogen-bond acceptors (Lipinski definition) is 2. The molecule has 0 atom stereocenters. The molecule has 0 heterocycles. The Kier molecular flexibility index (Phi) is 4.45. The van der Waals surface area contributed by atoms with Gasteiger partial charge in [-0.25, -0.2) is 13.6 Å². The zero-order valence-electron chi connectivity index (χ0n) is 12.6. The van der Waals surface area contributed by atoms with Gasteiger partial charge in [0.1, 0.15) is 0 Å². The number of carbonyl (C=O) groups excluding carboxylic acids is 1. The summed E-state index contributed by atoms with van der Waals surface area (Å²) in [6.07, 6.45) is -0.163. The summed E-state index contributed by atoms with van der Waals surface area (Å²) in [6.45, 7) is 4.29. The van der Waals surface area contributed by atoms with Crippen molar-refractivity contribution in [3.05, 3.63) is 41.0 Å². The smallest absolute Gasteiger partial charge is 0.334 e. The van der Waals surface area contributed by atoms with Crippen molar-refractivity contribution in [1.29, 1.82) is 0 Å². The molecule has 0 saturated carbocycles. The lowest BCUT2D eigenvalue weighted by atomic mass is 9.72. The maximum absolute atomic E-state index is 12.6. The summed E-state index contributed by atoms with van der Waals surface area (Å²) in [5, 5.41) is 0. The molecule has 114 valence electrons. The summed E-state index contributed by atoms with van der Waals surface area (Å²) in [5.41, 5.74) is 2.50. The van der Waals surface area contributed by atoms with Crippen LogP contribution in [0.25, 0.3) is 5.57 Å². The molecule has 2 rings (SSSR count). The first-order valence-corrected chi connectivity index (χ1v) is 7.03. The van der Waals surface area contributed by atoms with Crippen LogP contribution in [0.4, 0.5) is 8.78 Å². The Morgan fingerprint density at radius 2 is 1.86 bits per heavy atom. The van der Waals surface area contributed by atoms with Crippen LogP contribution in [0.3, 0.4) is 0 Å². The van der Waals surface area contributed by atoms with Crippen molar-refractivity contribution in [2.24, 2.45) is 5.41 Å². The highest BCUT2D eigenvalue weighted by Crippen LogP contribution is 2.43. The number of carbonyl (C=O) groups is 1. The molecular weight excluding hydrogens is 274 g/mol. The maximum atomic E-state index is 12.6. The standard InChI is InChI=1S/C17H20F2O2/c1-17(2)9-8-13(16(20)21-3)14(10-17)11-4-6-12(7-5-11)15(18)19/h4-7,15H,8-10H2,1-3H3. The quantitative estimate of drug-likeness (QED) is 0.751. The lowest BCUT2D eigenvalue weighted by Gasteiger charge is -2.32. The van der Waals surface area contributed by atoms with E-state index in [1.807, 2.05) is 0 Å². The minimum atomic E-state index is -2.48. The van der Waals surface area contributed by atoms with Crippen molar-refractivity contribution in [3.8, 4) is 0 Å². The summed E-state index contributed by atoms with van der Waals surface area (Å²) in [5.74, 6) is -0.321. The zero-order valence-corrected chi connectivity index (χ0v) is 12.6. The van der Waals surface area contributed by atoms with E-state index in [-0.39, 0.29) is 16.9 Å². The van der Waals surface area contributed by atoms with Gasteiger partial charge in [0.2, 0.25) is 0 Å². The molecule has 1 aliphatic rings. The molecule has 1 aromatic rings. The lowest BCUT2D eigenvalue weighted by molar-refractivity contribution is -0.136. The molecule has 0 radical (unpaired) electrons. The van der Waals surface area contributed by atoms with E-state index in [1.54, 1.807) is 12.1 Å². The number of rotatable bonds is 3. The predicted molar refractivity (Wildman–Crippen MR) is 78.0 cm³/mol. The third kappa shape index (κ3) is 3.49. The van der Waals surface area contributed by atoms with Gasteiger partial charge in [-0.2, -0.15) is 0 Å². The molecule has 2 nitrogen and oxygen atoms in total. The van der Waals surface area contributed by atoms with Crippen molar-refractivity contribution in [1.82, 2.24) is 0 Å². The Bertz CT molecular complexity index is 557. The summed E-state index contributed by atoms with van der Waals surface area (Å²) in [4.78, 5) is 11.9. The molecule has 0 amide bonds. The predicted octanol–water partition coefficient (Wildman–Crippen LogP) is 4.76. The Morgan fingerprint density at radius 3 is 2.38 bits per heavy atom. The van der Waals surface area contributed by atoms with E-state index in [0.717, 1.165) is 24.0 Å². The van der Waals surface area contributed by atoms with Gasteiger partial charge in [0, 0.05) is 11.1 Å². The summed E-state index contributed by atoms with van der Waals surface area (Å²) < 4.78 is 30.1. The minimum Gasteiger partial charge on any atom is -0.466 e. The van der Waals surface area contributed by atoms with Crippen LogP contribution in [0.15, 0.2) is 29.8 Å². The average molecular weight is 294 g/mol. The Morgan fingerprint density at radius 1 is 1.24 bits per heavy atom. The number of ether oxygens (including phenoxy) is 1. The van der Waals surface area contributed by atoms with E-state index < -0.39 is 6.43 Å². The SMILES string of the molecule is COC(=O)C1=C(c2ccc(C(F)F)cc2)CC(C)(C)CC1. The van der Waals surface area contributed by atoms with Crippen LogP contribution < -0.4 is 0 Å². The van der Waals surface area contributed by atoms with E-state index in [2.05, 4.69) is 13.8 Å². The van der Waals surface area contributed by atoms with Gasteiger partial charge in [0.15, 0.2) is 0 Å². The normalized spacial score (nSPS) is 18.0.